The lowest BCUT2D eigenvalue weighted by molar-refractivity contribution is 0.305. The van der Waals surface area contributed by atoms with Gasteiger partial charge in [-0.15, -0.1) is 0 Å². The molecule has 0 saturated carbocycles. The Morgan fingerprint density at radius 3 is 1.83 bits per heavy atom. The molecule has 2 N–H and O–H groups in total. The Morgan fingerprint density at radius 2 is 1.40 bits per heavy atom. The maximum absolute atomic E-state index is 6.35. The SMILES string of the molecule is CC.CC.CCC.Cc1ccc(COc2ccc(CC(C)(N)C(C)C)cc2)cc1Cl. The largest absolute Gasteiger partial charge is 0.489 e. The van der Waals surface area contributed by atoms with Crippen LogP contribution >= 0.6 is 11.6 Å². The number of aryl methyl sites for hydroxylation is 1. The van der Waals surface area contributed by atoms with Crippen molar-refractivity contribution in [3.05, 3.63) is 64.2 Å². The molecule has 0 heterocycles. The topological polar surface area (TPSA) is 35.2 Å². The molecular weight excluding hydrogens is 390 g/mol. The molecule has 0 aromatic heterocycles. The first-order chi connectivity index (χ1) is 14.2. The molecule has 0 aliphatic carbocycles. The van der Waals surface area contributed by atoms with Crippen LogP contribution in [-0.2, 0) is 13.0 Å². The lowest BCUT2D eigenvalue weighted by Gasteiger charge is -2.29. The first-order valence-corrected chi connectivity index (χ1v) is 11.8. The number of benzene rings is 2. The minimum atomic E-state index is -0.193. The summed E-state index contributed by atoms with van der Waals surface area (Å²) >= 11 is 6.14. The van der Waals surface area contributed by atoms with Gasteiger partial charge in [-0.3, -0.25) is 0 Å². The number of hydrogen-bond acceptors (Lipinski definition) is 2. The maximum Gasteiger partial charge on any atom is 0.119 e. The summed E-state index contributed by atoms with van der Waals surface area (Å²) in [5.41, 5.74) is 9.53. The fourth-order valence-electron chi connectivity index (χ4n) is 2.24. The molecular formula is C27H46ClNO. The van der Waals surface area contributed by atoms with Gasteiger partial charge in [0.1, 0.15) is 12.4 Å². The van der Waals surface area contributed by atoms with Gasteiger partial charge in [0.25, 0.3) is 0 Å². The molecule has 0 amide bonds. The predicted molar refractivity (Wildman–Crippen MR) is 137 cm³/mol. The summed E-state index contributed by atoms with van der Waals surface area (Å²) in [7, 11) is 0. The van der Waals surface area contributed by atoms with E-state index in [4.69, 9.17) is 22.1 Å². The highest BCUT2D eigenvalue weighted by atomic mass is 35.5. The van der Waals surface area contributed by atoms with Crippen LogP contribution in [0.25, 0.3) is 0 Å². The van der Waals surface area contributed by atoms with Crippen LogP contribution in [0.4, 0.5) is 0 Å². The zero-order valence-electron chi connectivity index (χ0n) is 21.1. The quantitative estimate of drug-likeness (QED) is 0.492. The van der Waals surface area contributed by atoms with Gasteiger partial charge >= 0.3 is 0 Å². The van der Waals surface area contributed by atoms with Crippen molar-refractivity contribution in [3.63, 3.8) is 0 Å². The maximum atomic E-state index is 6.35. The van der Waals surface area contributed by atoms with E-state index in [2.05, 4.69) is 46.8 Å². The van der Waals surface area contributed by atoms with Crippen LogP contribution in [-0.4, -0.2) is 5.54 Å². The molecule has 172 valence electrons. The number of ether oxygens (including phenoxy) is 1. The Morgan fingerprint density at radius 1 is 0.933 bits per heavy atom. The molecule has 30 heavy (non-hydrogen) atoms. The second-order valence-electron chi connectivity index (χ2n) is 7.56. The zero-order valence-corrected chi connectivity index (χ0v) is 21.9. The molecule has 1 unspecified atom stereocenters. The third-order valence-corrected chi connectivity index (χ3v) is 4.88. The summed E-state index contributed by atoms with van der Waals surface area (Å²) in [5, 5.41) is 0.775. The average Bonchev–Trinajstić information content (AvgIpc) is 2.73. The van der Waals surface area contributed by atoms with Crippen LogP contribution < -0.4 is 10.5 Å². The summed E-state index contributed by atoms with van der Waals surface area (Å²) in [5.74, 6) is 1.29. The molecule has 0 radical (unpaired) electrons. The highest BCUT2D eigenvalue weighted by Gasteiger charge is 2.23. The minimum absolute atomic E-state index is 0.193. The van der Waals surface area contributed by atoms with Gasteiger partial charge < -0.3 is 10.5 Å². The van der Waals surface area contributed by atoms with E-state index in [1.807, 2.05) is 65.0 Å². The monoisotopic (exact) mass is 435 g/mol. The fourth-order valence-corrected chi connectivity index (χ4v) is 2.44. The van der Waals surface area contributed by atoms with Crippen LogP contribution in [0.2, 0.25) is 5.02 Å². The molecule has 0 fully saturated rings. The molecule has 0 saturated heterocycles. The van der Waals surface area contributed by atoms with E-state index in [1.165, 1.54) is 12.0 Å². The van der Waals surface area contributed by atoms with Gasteiger partial charge in [0.05, 0.1) is 0 Å². The molecule has 2 nitrogen and oxygen atoms in total. The molecule has 3 heteroatoms. The Labute approximate surface area is 192 Å². The first-order valence-electron chi connectivity index (χ1n) is 11.4. The summed E-state index contributed by atoms with van der Waals surface area (Å²) in [6, 6.07) is 14.2. The lowest BCUT2D eigenvalue weighted by Crippen LogP contribution is -2.43. The summed E-state index contributed by atoms with van der Waals surface area (Å²) in [4.78, 5) is 0. The van der Waals surface area contributed by atoms with E-state index in [0.717, 1.165) is 28.3 Å². The van der Waals surface area contributed by atoms with Crippen LogP contribution in [0, 0.1) is 12.8 Å². The van der Waals surface area contributed by atoms with Crippen molar-refractivity contribution in [1.82, 2.24) is 0 Å². The first kappa shape index (κ1) is 30.7. The van der Waals surface area contributed by atoms with E-state index in [9.17, 15) is 0 Å². The number of nitrogens with two attached hydrogens (primary N) is 1. The molecule has 0 bridgehead atoms. The van der Waals surface area contributed by atoms with Crippen molar-refractivity contribution in [2.45, 2.75) is 94.2 Å². The van der Waals surface area contributed by atoms with Crippen molar-refractivity contribution in [1.29, 1.82) is 0 Å². The second-order valence-corrected chi connectivity index (χ2v) is 7.97. The summed E-state index contributed by atoms with van der Waals surface area (Å²) < 4.78 is 5.83. The Kier molecular flexibility index (Phi) is 17.6. The number of halogens is 1. The Bertz CT molecular complexity index is 663. The fraction of sp³-hybridized carbons (Fsp3) is 0.556. The van der Waals surface area contributed by atoms with Crippen LogP contribution in [0.3, 0.4) is 0 Å². The molecule has 1 atom stereocenters. The molecule has 0 aliphatic rings. The standard InChI is InChI=1S/C20H26ClNO.C3H8.2C2H6/c1-14(2)20(4,22)12-16-7-9-18(10-8-16)23-13-17-6-5-15(3)19(21)11-17;1-3-2;2*1-2/h5-11,14H,12-13,22H2,1-4H3;3H2,1-2H3;2*1-2H3. The minimum Gasteiger partial charge on any atom is -0.489 e. The third kappa shape index (κ3) is 12.2. The van der Waals surface area contributed by atoms with E-state index in [1.54, 1.807) is 0 Å². The average molecular weight is 436 g/mol. The molecule has 0 spiro atoms. The zero-order chi connectivity index (χ0) is 23.7. The smallest absolute Gasteiger partial charge is 0.119 e. The van der Waals surface area contributed by atoms with E-state index < -0.39 is 0 Å². The van der Waals surface area contributed by atoms with E-state index in [-0.39, 0.29) is 5.54 Å². The molecule has 0 aliphatic heterocycles. The van der Waals surface area contributed by atoms with Gasteiger partial charge in [-0.2, -0.15) is 0 Å². The van der Waals surface area contributed by atoms with Crippen LogP contribution in [0.1, 0.15) is 85.4 Å². The van der Waals surface area contributed by atoms with Gasteiger partial charge in [0.2, 0.25) is 0 Å². The van der Waals surface area contributed by atoms with Gasteiger partial charge in [-0.25, -0.2) is 0 Å². The summed E-state index contributed by atoms with van der Waals surface area (Å²) in [6.45, 7) is 21.2. The van der Waals surface area contributed by atoms with Gasteiger partial charge in [-0.1, -0.05) is 97.7 Å². The van der Waals surface area contributed by atoms with E-state index >= 15 is 0 Å². The molecule has 2 rings (SSSR count). The number of hydrogen-bond donors (Lipinski definition) is 1. The van der Waals surface area contributed by atoms with Gasteiger partial charge in [-0.05, 0) is 61.1 Å². The number of rotatable bonds is 6. The van der Waals surface area contributed by atoms with Crippen LogP contribution in [0.15, 0.2) is 42.5 Å². The van der Waals surface area contributed by atoms with Gasteiger partial charge in [0.15, 0.2) is 0 Å². The predicted octanol–water partition coefficient (Wildman–Crippen LogP) is 8.61. The normalized spacial score (nSPS) is 11.6. The van der Waals surface area contributed by atoms with Gasteiger partial charge in [0, 0.05) is 10.6 Å². The van der Waals surface area contributed by atoms with E-state index in [0.29, 0.717) is 12.5 Å². The Balaban J connectivity index is 0. The Hall–Kier alpha value is -1.51. The highest BCUT2D eigenvalue weighted by molar-refractivity contribution is 6.31. The van der Waals surface area contributed by atoms with Crippen molar-refractivity contribution in [2.24, 2.45) is 11.7 Å². The molecule has 2 aromatic carbocycles. The summed E-state index contributed by atoms with van der Waals surface area (Å²) in [6.07, 6.45) is 2.11. The van der Waals surface area contributed by atoms with Crippen LogP contribution in [0.5, 0.6) is 5.75 Å². The lowest BCUT2D eigenvalue weighted by atomic mass is 9.84. The van der Waals surface area contributed by atoms with Crippen molar-refractivity contribution < 1.29 is 4.74 Å². The highest BCUT2D eigenvalue weighted by Crippen LogP contribution is 2.22. The third-order valence-electron chi connectivity index (χ3n) is 4.47. The van der Waals surface area contributed by atoms with Crippen molar-refractivity contribution in [3.8, 4) is 5.75 Å². The van der Waals surface area contributed by atoms with Crippen molar-refractivity contribution >= 4 is 11.6 Å². The molecule has 2 aromatic rings. The second kappa shape index (κ2) is 17.2. The van der Waals surface area contributed by atoms with Crippen molar-refractivity contribution in [2.75, 3.05) is 0 Å².